The minimum absolute atomic E-state index is 0.0859. The molecule has 0 saturated carbocycles. The lowest BCUT2D eigenvalue weighted by Gasteiger charge is -2.09. The van der Waals surface area contributed by atoms with Gasteiger partial charge in [0.05, 0.1) is 6.10 Å². The molecule has 0 fully saturated rings. The van der Waals surface area contributed by atoms with Gasteiger partial charge in [-0.25, -0.2) is 9.50 Å². The molecule has 0 aliphatic rings. The van der Waals surface area contributed by atoms with Gasteiger partial charge in [0.2, 0.25) is 0 Å². The summed E-state index contributed by atoms with van der Waals surface area (Å²) in [6, 6.07) is 0.855. The number of fused-ring (bicyclic) bond motifs is 1. The predicted molar refractivity (Wildman–Crippen MR) is 56.9 cm³/mol. The Morgan fingerprint density at radius 3 is 2.83 bits per heavy atom. The van der Waals surface area contributed by atoms with Crippen molar-refractivity contribution in [2.75, 3.05) is 13.6 Å². The molecular formula is C10H11F3N4O. The lowest BCUT2D eigenvalue weighted by molar-refractivity contribution is -0.141. The summed E-state index contributed by atoms with van der Waals surface area (Å²) in [5.74, 6) is 0. The van der Waals surface area contributed by atoms with Crippen LogP contribution in [-0.4, -0.2) is 33.3 Å². The van der Waals surface area contributed by atoms with E-state index in [0.29, 0.717) is 5.56 Å². The monoisotopic (exact) mass is 260 g/mol. The standard InChI is InChI=1S/C10H11F3N4O/c1-14-4-7(18)6-3-15-9-2-8(10(11,12)13)16-17(9)5-6/h2-3,5,7,14,18H,4H2,1H3. The number of rotatable bonds is 3. The minimum atomic E-state index is -4.50. The van der Waals surface area contributed by atoms with Crippen LogP contribution in [0, 0.1) is 0 Å². The van der Waals surface area contributed by atoms with Crippen molar-refractivity contribution in [3.63, 3.8) is 0 Å². The van der Waals surface area contributed by atoms with Gasteiger partial charge in [-0.2, -0.15) is 18.3 Å². The second-order valence-corrected chi connectivity index (χ2v) is 3.79. The van der Waals surface area contributed by atoms with E-state index < -0.39 is 18.0 Å². The van der Waals surface area contributed by atoms with E-state index in [1.165, 1.54) is 12.4 Å². The summed E-state index contributed by atoms with van der Waals surface area (Å²) < 4.78 is 38.3. The van der Waals surface area contributed by atoms with E-state index in [1.807, 2.05) is 0 Å². The zero-order chi connectivity index (χ0) is 13.3. The van der Waals surface area contributed by atoms with E-state index >= 15 is 0 Å². The Balaban J connectivity index is 2.40. The molecule has 18 heavy (non-hydrogen) atoms. The number of hydrogen-bond acceptors (Lipinski definition) is 4. The van der Waals surface area contributed by atoms with Crippen LogP contribution in [-0.2, 0) is 6.18 Å². The van der Waals surface area contributed by atoms with Gasteiger partial charge in [0.15, 0.2) is 11.3 Å². The average Bonchev–Trinajstić information content (AvgIpc) is 2.71. The lowest BCUT2D eigenvalue weighted by Crippen LogP contribution is -2.17. The highest BCUT2D eigenvalue weighted by Crippen LogP contribution is 2.28. The molecule has 0 aromatic carbocycles. The summed E-state index contributed by atoms with van der Waals surface area (Å²) >= 11 is 0. The molecule has 0 aliphatic carbocycles. The largest absolute Gasteiger partial charge is 0.435 e. The molecule has 2 aromatic heterocycles. The van der Waals surface area contributed by atoms with Gasteiger partial charge in [0.1, 0.15) is 0 Å². The molecule has 5 nitrogen and oxygen atoms in total. The summed E-state index contributed by atoms with van der Waals surface area (Å²) in [4.78, 5) is 3.83. The third-order valence-electron chi connectivity index (χ3n) is 2.41. The fourth-order valence-electron chi connectivity index (χ4n) is 1.51. The zero-order valence-electron chi connectivity index (χ0n) is 9.44. The molecule has 0 radical (unpaired) electrons. The molecule has 98 valence electrons. The maximum Gasteiger partial charge on any atom is 0.435 e. The molecule has 1 unspecified atom stereocenters. The van der Waals surface area contributed by atoms with Crippen LogP contribution >= 0.6 is 0 Å². The Hall–Kier alpha value is -1.67. The zero-order valence-corrected chi connectivity index (χ0v) is 9.44. The maximum absolute atomic E-state index is 12.4. The molecule has 0 bridgehead atoms. The third-order valence-corrected chi connectivity index (χ3v) is 2.41. The van der Waals surface area contributed by atoms with Gasteiger partial charge < -0.3 is 10.4 Å². The predicted octanol–water partition coefficient (Wildman–Crippen LogP) is 1.00. The number of nitrogens with zero attached hydrogens (tertiary/aromatic N) is 3. The Labute approximate surface area is 100 Å². The van der Waals surface area contributed by atoms with Crippen molar-refractivity contribution in [3.8, 4) is 0 Å². The fraction of sp³-hybridized carbons (Fsp3) is 0.400. The van der Waals surface area contributed by atoms with Crippen molar-refractivity contribution in [1.82, 2.24) is 19.9 Å². The maximum atomic E-state index is 12.4. The topological polar surface area (TPSA) is 62.5 Å². The van der Waals surface area contributed by atoms with E-state index in [9.17, 15) is 18.3 Å². The molecular weight excluding hydrogens is 249 g/mol. The highest BCUT2D eigenvalue weighted by molar-refractivity contribution is 5.40. The van der Waals surface area contributed by atoms with Crippen LogP contribution in [0.5, 0.6) is 0 Å². The van der Waals surface area contributed by atoms with Crippen molar-refractivity contribution in [2.24, 2.45) is 0 Å². The van der Waals surface area contributed by atoms with Gasteiger partial charge in [-0.1, -0.05) is 0 Å². The quantitative estimate of drug-likeness (QED) is 0.864. The first-order valence-corrected chi connectivity index (χ1v) is 5.17. The normalized spacial score (nSPS) is 14.1. The van der Waals surface area contributed by atoms with Crippen LogP contribution in [0.1, 0.15) is 17.4 Å². The molecule has 0 amide bonds. The lowest BCUT2D eigenvalue weighted by atomic mass is 10.2. The smallest absolute Gasteiger partial charge is 0.387 e. The van der Waals surface area contributed by atoms with Crippen molar-refractivity contribution in [1.29, 1.82) is 0 Å². The molecule has 2 aromatic rings. The van der Waals surface area contributed by atoms with Crippen molar-refractivity contribution >= 4 is 5.65 Å². The highest BCUT2D eigenvalue weighted by atomic mass is 19.4. The van der Waals surface area contributed by atoms with Crippen molar-refractivity contribution in [2.45, 2.75) is 12.3 Å². The number of aliphatic hydroxyl groups is 1. The Morgan fingerprint density at radius 1 is 1.50 bits per heavy atom. The Kier molecular flexibility index (Phi) is 3.22. The number of halogens is 3. The van der Waals surface area contributed by atoms with E-state index in [1.54, 1.807) is 7.05 Å². The summed E-state index contributed by atoms with van der Waals surface area (Å²) in [7, 11) is 1.66. The van der Waals surface area contributed by atoms with Gasteiger partial charge in [0.25, 0.3) is 0 Å². The SMILES string of the molecule is CNCC(O)c1cnc2cc(C(F)(F)F)nn2c1. The van der Waals surface area contributed by atoms with Crippen LogP contribution in [0.3, 0.4) is 0 Å². The molecule has 2 N–H and O–H groups in total. The molecule has 2 heterocycles. The number of likely N-dealkylation sites (N-methyl/N-ethyl adjacent to an activating group) is 1. The number of nitrogens with one attached hydrogen (secondary N) is 1. The molecule has 8 heteroatoms. The fourth-order valence-corrected chi connectivity index (χ4v) is 1.51. The third kappa shape index (κ3) is 2.44. The summed E-state index contributed by atoms with van der Waals surface area (Å²) in [5.41, 5.74) is -0.522. The van der Waals surface area contributed by atoms with Gasteiger partial charge in [-0.15, -0.1) is 0 Å². The number of hydrogen-bond donors (Lipinski definition) is 2. The highest BCUT2D eigenvalue weighted by Gasteiger charge is 2.34. The average molecular weight is 260 g/mol. The minimum Gasteiger partial charge on any atom is -0.387 e. The number of aromatic nitrogens is 3. The first-order valence-electron chi connectivity index (χ1n) is 5.17. The van der Waals surface area contributed by atoms with Gasteiger partial charge in [-0.3, -0.25) is 0 Å². The molecule has 0 aliphatic heterocycles. The molecule has 0 saturated heterocycles. The van der Waals surface area contributed by atoms with Crippen LogP contribution in [0.4, 0.5) is 13.2 Å². The van der Waals surface area contributed by atoms with E-state index in [4.69, 9.17) is 0 Å². The Morgan fingerprint density at radius 2 is 2.22 bits per heavy atom. The van der Waals surface area contributed by atoms with Crippen LogP contribution in [0.25, 0.3) is 5.65 Å². The number of aliphatic hydroxyl groups excluding tert-OH is 1. The number of alkyl halides is 3. The second kappa shape index (κ2) is 4.54. The second-order valence-electron chi connectivity index (χ2n) is 3.79. The van der Waals surface area contributed by atoms with Gasteiger partial charge in [-0.05, 0) is 7.05 Å². The van der Waals surface area contributed by atoms with Crippen LogP contribution in [0.15, 0.2) is 18.5 Å². The van der Waals surface area contributed by atoms with E-state index in [-0.39, 0.29) is 12.2 Å². The summed E-state index contributed by atoms with van der Waals surface area (Å²) in [5, 5.41) is 15.8. The van der Waals surface area contributed by atoms with E-state index in [2.05, 4.69) is 15.4 Å². The Bertz CT molecular complexity index is 552. The van der Waals surface area contributed by atoms with Crippen LogP contribution in [0.2, 0.25) is 0 Å². The first kappa shape index (κ1) is 12.8. The van der Waals surface area contributed by atoms with Crippen molar-refractivity contribution in [3.05, 3.63) is 29.7 Å². The van der Waals surface area contributed by atoms with Gasteiger partial charge >= 0.3 is 6.18 Å². The van der Waals surface area contributed by atoms with Crippen LogP contribution < -0.4 is 5.32 Å². The molecule has 1 atom stereocenters. The summed E-state index contributed by atoms with van der Waals surface area (Å²) in [6.07, 6.45) is -2.68. The van der Waals surface area contributed by atoms with Crippen molar-refractivity contribution < 1.29 is 18.3 Å². The first-order chi connectivity index (χ1) is 8.41. The van der Waals surface area contributed by atoms with Gasteiger partial charge in [0, 0.05) is 30.6 Å². The molecule has 0 spiro atoms. The molecule has 2 rings (SSSR count). The summed E-state index contributed by atoms with van der Waals surface area (Å²) in [6.45, 7) is 0.278. The van der Waals surface area contributed by atoms with E-state index in [0.717, 1.165) is 10.6 Å².